The lowest BCUT2D eigenvalue weighted by atomic mass is 10.5. The number of nitriles is 1. The largest absolute Gasteiger partial charge is 0.340 e. The van der Waals surface area contributed by atoms with Crippen LogP contribution in [0.5, 0.6) is 0 Å². The summed E-state index contributed by atoms with van der Waals surface area (Å²) in [5.74, 6) is -0.390. The van der Waals surface area contributed by atoms with E-state index in [2.05, 4.69) is 0 Å². The highest BCUT2D eigenvalue weighted by atomic mass is 31.2. The van der Waals surface area contributed by atoms with Crippen LogP contribution >= 0.6 is 7.60 Å². The molecule has 7 heteroatoms. The summed E-state index contributed by atoms with van der Waals surface area (Å²) in [5.41, 5.74) is 0. The fraction of sp³-hybridized carbons (Fsp3) is 0.800. The Bertz CT molecular complexity index is 317. The lowest BCUT2D eigenvalue weighted by Crippen LogP contribution is -2.33. The van der Waals surface area contributed by atoms with Crippen molar-refractivity contribution < 1.29 is 18.4 Å². The third-order valence-corrected chi connectivity index (χ3v) is 3.94. The van der Waals surface area contributed by atoms with Crippen molar-refractivity contribution >= 4 is 13.5 Å². The van der Waals surface area contributed by atoms with Crippen LogP contribution in [0.4, 0.5) is 0 Å². The van der Waals surface area contributed by atoms with Gasteiger partial charge in [0, 0.05) is 6.54 Å². The molecule has 0 saturated carbocycles. The highest BCUT2D eigenvalue weighted by Crippen LogP contribution is 2.47. The van der Waals surface area contributed by atoms with Crippen molar-refractivity contribution in [2.75, 3.05) is 32.5 Å². The predicted octanol–water partition coefficient (Wildman–Crippen LogP) is 1.62. The molecule has 0 heterocycles. The first-order valence-corrected chi connectivity index (χ1v) is 7.28. The Kier molecular flexibility index (Phi) is 7.81. The normalized spacial score (nSPS) is 10.9. The van der Waals surface area contributed by atoms with Gasteiger partial charge in [-0.2, -0.15) is 5.26 Å². The first-order chi connectivity index (χ1) is 8.02. The topological polar surface area (TPSA) is 79.6 Å². The molecule has 6 nitrogen and oxygen atoms in total. The lowest BCUT2D eigenvalue weighted by Gasteiger charge is -2.21. The number of carbonyl (C=O) groups is 1. The van der Waals surface area contributed by atoms with Gasteiger partial charge < -0.3 is 13.9 Å². The van der Waals surface area contributed by atoms with E-state index in [1.807, 2.05) is 6.07 Å². The second-order valence-corrected chi connectivity index (χ2v) is 5.23. The van der Waals surface area contributed by atoms with E-state index >= 15 is 0 Å². The van der Waals surface area contributed by atoms with Crippen LogP contribution in [-0.4, -0.2) is 43.3 Å². The molecule has 0 aromatic heterocycles. The quantitative estimate of drug-likeness (QED) is 0.490. The SMILES string of the molecule is CCOP(=O)(CC(=O)N(CC)CC#N)OCC. The predicted molar refractivity (Wildman–Crippen MR) is 63.6 cm³/mol. The van der Waals surface area contributed by atoms with E-state index in [4.69, 9.17) is 14.3 Å². The molecular formula is C10H19N2O4P. The zero-order chi connectivity index (χ0) is 13.3. The van der Waals surface area contributed by atoms with Crippen LogP contribution in [0.2, 0.25) is 0 Å². The zero-order valence-electron chi connectivity index (χ0n) is 10.5. The van der Waals surface area contributed by atoms with Crippen molar-refractivity contribution in [2.24, 2.45) is 0 Å². The minimum Gasteiger partial charge on any atom is -0.329 e. The zero-order valence-corrected chi connectivity index (χ0v) is 11.4. The molecule has 0 aliphatic rings. The van der Waals surface area contributed by atoms with Gasteiger partial charge in [-0.25, -0.2) is 0 Å². The van der Waals surface area contributed by atoms with Crippen molar-refractivity contribution in [3.8, 4) is 6.07 Å². The Balaban J connectivity index is 4.59. The third kappa shape index (κ3) is 5.83. The highest BCUT2D eigenvalue weighted by molar-refractivity contribution is 7.54. The number of carbonyl (C=O) groups excluding carboxylic acids is 1. The Morgan fingerprint density at radius 1 is 1.29 bits per heavy atom. The van der Waals surface area contributed by atoms with E-state index in [0.717, 1.165) is 0 Å². The van der Waals surface area contributed by atoms with Crippen LogP contribution in [-0.2, 0) is 18.4 Å². The van der Waals surface area contributed by atoms with E-state index in [-0.39, 0.29) is 31.8 Å². The number of hydrogen-bond donors (Lipinski definition) is 0. The van der Waals surface area contributed by atoms with Crippen molar-refractivity contribution in [3.63, 3.8) is 0 Å². The molecule has 17 heavy (non-hydrogen) atoms. The van der Waals surface area contributed by atoms with E-state index in [1.165, 1.54) is 4.90 Å². The van der Waals surface area contributed by atoms with E-state index < -0.39 is 7.60 Å². The van der Waals surface area contributed by atoms with Crippen LogP contribution in [0.25, 0.3) is 0 Å². The molecule has 0 unspecified atom stereocenters. The van der Waals surface area contributed by atoms with Crippen LogP contribution in [0.1, 0.15) is 20.8 Å². The summed E-state index contributed by atoms with van der Waals surface area (Å²) in [4.78, 5) is 13.1. The molecule has 98 valence electrons. The van der Waals surface area contributed by atoms with Crippen LogP contribution in [0.15, 0.2) is 0 Å². The average molecular weight is 262 g/mol. The number of hydrogen-bond acceptors (Lipinski definition) is 5. The maximum absolute atomic E-state index is 12.1. The monoisotopic (exact) mass is 262 g/mol. The molecule has 0 aliphatic carbocycles. The fourth-order valence-corrected chi connectivity index (χ4v) is 2.82. The fourth-order valence-electron chi connectivity index (χ4n) is 1.25. The summed E-state index contributed by atoms with van der Waals surface area (Å²) < 4.78 is 22.1. The summed E-state index contributed by atoms with van der Waals surface area (Å²) in [6.07, 6.45) is -0.315. The molecule has 0 aliphatic heterocycles. The molecule has 0 bridgehead atoms. The van der Waals surface area contributed by atoms with Gasteiger partial charge in [0.25, 0.3) is 0 Å². The van der Waals surface area contributed by atoms with Crippen LogP contribution in [0, 0.1) is 11.3 Å². The molecule has 0 fully saturated rings. The molecule has 0 radical (unpaired) electrons. The van der Waals surface area contributed by atoms with Gasteiger partial charge in [0.15, 0.2) is 0 Å². The first-order valence-electron chi connectivity index (χ1n) is 5.55. The molecule has 0 atom stereocenters. The van der Waals surface area contributed by atoms with Crippen molar-refractivity contribution in [1.82, 2.24) is 4.90 Å². The van der Waals surface area contributed by atoms with Crippen molar-refractivity contribution in [3.05, 3.63) is 0 Å². The first kappa shape index (κ1) is 16.1. The minimum atomic E-state index is -3.37. The van der Waals surface area contributed by atoms with Gasteiger partial charge in [0.2, 0.25) is 5.91 Å². The summed E-state index contributed by atoms with van der Waals surface area (Å²) in [6.45, 7) is 5.93. The van der Waals surface area contributed by atoms with Gasteiger partial charge in [0.1, 0.15) is 12.7 Å². The second kappa shape index (κ2) is 8.24. The minimum absolute atomic E-state index is 0.0203. The van der Waals surface area contributed by atoms with Gasteiger partial charge in [-0.05, 0) is 20.8 Å². The van der Waals surface area contributed by atoms with Gasteiger partial charge in [-0.1, -0.05) is 0 Å². The molecule has 1 amide bonds. The average Bonchev–Trinajstić information content (AvgIpc) is 2.25. The molecule has 0 aromatic rings. The van der Waals surface area contributed by atoms with Crippen LogP contribution < -0.4 is 0 Å². The van der Waals surface area contributed by atoms with E-state index in [0.29, 0.717) is 6.54 Å². The lowest BCUT2D eigenvalue weighted by molar-refractivity contribution is -0.127. The molecular weight excluding hydrogens is 243 g/mol. The molecule has 0 saturated heterocycles. The molecule has 0 spiro atoms. The summed E-state index contributed by atoms with van der Waals surface area (Å²) in [6, 6.07) is 1.88. The van der Waals surface area contributed by atoms with Crippen LogP contribution in [0.3, 0.4) is 0 Å². The second-order valence-electron chi connectivity index (χ2n) is 3.17. The number of nitrogens with zero attached hydrogens (tertiary/aromatic N) is 2. The maximum Gasteiger partial charge on any atom is 0.340 e. The van der Waals surface area contributed by atoms with Crippen molar-refractivity contribution in [1.29, 1.82) is 5.26 Å². The number of rotatable bonds is 8. The van der Waals surface area contributed by atoms with E-state index in [9.17, 15) is 9.36 Å². The Morgan fingerprint density at radius 2 is 1.82 bits per heavy atom. The molecule has 0 aromatic carbocycles. The molecule has 0 N–H and O–H groups in total. The molecule has 0 rings (SSSR count). The van der Waals surface area contributed by atoms with Gasteiger partial charge in [-0.3, -0.25) is 9.36 Å². The van der Waals surface area contributed by atoms with Crippen molar-refractivity contribution in [2.45, 2.75) is 20.8 Å². The smallest absolute Gasteiger partial charge is 0.329 e. The summed E-state index contributed by atoms with van der Waals surface area (Å²) in [7, 11) is -3.37. The number of amides is 1. The Hall–Kier alpha value is -0.890. The third-order valence-electron chi connectivity index (χ3n) is 1.98. The highest BCUT2D eigenvalue weighted by Gasteiger charge is 2.29. The maximum atomic E-state index is 12.1. The van der Waals surface area contributed by atoms with E-state index in [1.54, 1.807) is 20.8 Å². The Morgan fingerprint density at radius 3 is 2.18 bits per heavy atom. The summed E-state index contributed by atoms with van der Waals surface area (Å²) in [5, 5.41) is 8.55. The van der Waals surface area contributed by atoms with Gasteiger partial charge in [-0.15, -0.1) is 0 Å². The van der Waals surface area contributed by atoms with Gasteiger partial charge in [0.05, 0.1) is 19.3 Å². The standard InChI is InChI=1S/C10H19N2O4P/c1-4-12(8-7-11)10(13)9-17(14,15-5-2)16-6-3/h4-6,8-9H2,1-3H3. The summed E-state index contributed by atoms with van der Waals surface area (Å²) >= 11 is 0. The van der Waals surface area contributed by atoms with Gasteiger partial charge >= 0.3 is 7.60 Å². The Labute approximate surface area is 102 Å².